The van der Waals surface area contributed by atoms with E-state index in [9.17, 15) is 35.4 Å². The fraction of sp³-hybridized carbons (Fsp3) is 0.348. The number of aryl methyl sites for hydroxylation is 1. The zero-order chi connectivity index (χ0) is 24.0. The van der Waals surface area contributed by atoms with Gasteiger partial charge in [0.1, 0.15) is 58.9 Å². The molecular weight excluding hydrogens is 436 g/mol. The van der Waals surface area contributed by atoms with Gasteiger partial charge in [-0.1, -0.05) is 12.1 Å². The molecule has 33 heavy (non-hydrogen) atoms. The van der Waals surface area contributed by atoms with Gasteiger partial charge in [0.15, 0.2) is 0 Å². The third-order valence-corrected chi connectivity index (χ3v) is 5.87. The molecule has 176 valence electrons. The molecule has 1 fully saturated rings. The Labute approximate surface area is 187 Å². The first-order chi connectivity index (χ1) is 15.6. The van der Waals surface area contributed by atoms with Crippen molar-refractivity contribution in [1.29, 1.82) is 0 Å². The highest BCUT2D eigenvalue weighted by atomic mass is 16.7. The number of benzene rings is 2. The van der Waals surface area contributed by atoms with E-state index < -0.39 is 48.5 Å². The van der Waals surface area contributed by atoms with Crippen molar-refractivity contribution in [3.05, 3.63) is 51.9 Å². The van der Waals surface area contributed by atoms with Gasteiger partial charge in [0.05, 0.1) is 12.2 Å². The molecule has 1 aromatic heterocycles. The van der Waals surface area contributed by atoms with Crippen LogP contribution in [0.3, 0.4) is 0 Å². The lowest BCUT2D eigenvalue weighted by molar-refractivity contribution is -0.277. The zero-order valence-corrected chi connectivity index (χ0v) is 17.8. The first-order valence-corrected chi connectivity index (χ1v) is 10.2. The minimum atomic E-state index is -1.65. The Morgan fingerprint density at radius 2 is 1.64 bits per heavy atom. The maximum atomic E-state index is 13.2. The molecule has 0 amide bonds. The molecule has 1 aliphatic rings. The Morgan fingerprint density at radius 3 is 2.27 bits per heavy atom. The molecule has 4 rings (SSSR count). The summed E-state index contributed by atoms with van der Waals surface area (Å²) in [7, 11) is 0. The number of ether oxygens (including phenoxy) is 2. The van der Waals surface area contributed by atoms with Crippen LogP contribution in [0.4, 0.5) is 0 Å². The van der Waals surface area contributed by atoms with Crippen molar-refractivity contribution in [1.82, 2.24) is 0 Å². The van der Waals surface area contributed by atoms with E-state index in [1.807, 2.05) is 0 Å². The highest BCUT2D eigenvalue weighted by Gasteiger charge is 2.45. The van der Waals surface area contributed by atoms with Crippen molar-refractivity contribution in [2.45, 2.75) is 44.6 Å². The number of phenols is 2. The van der Waals surface area contributed by atoms with E-state index in [0.717, 1.165) is 0 Å². The number of fused-ring (bicyclic) bond motifs is 1. The first-order valence-electron chi connectivity index (χ1n) is 10.2. The van der Waals surface area contributed by atoms with Crippen LogP contribution in [0.5, 0.6) is 17.2 Å². The molecule has 10 nitrogen and oxygen atoms in total. The molecule has 0 aliphatic carbocycles. The topological polar surface area (TPSA) is 170 Å². The minimum Gasteiger partial charge on any atom is -0.508 e. The standard InChI is InChI=1S/C23H24O10/c1-9-16(26)15-17(27)13(11-3-5-12(25)6-4-11)8-31-22(15)10(2)21(9)33-23-20(30)19(29)18(28)14(7-24)32-23/h3-6,8,14,18-20,23-26,28-30H,7H2,1-2H3/t14?,18-,19?,20?,23+/m1/s1. The van der Waals surface area contributed by atoms with E-state index in [-0.39, 0.29) is 33.6 Å². The molecule has 1 aliphatic heterocycles. The second-order valence-corrected chi connectivity index (χ2v) is 7.97. The maximum Gasteiger partial charge on any atom is 0.229 e. The van der Waals surface area contributed by atoms with Crippen LogP contribution >= 0.6 is 0 Å². The molecule has 2 heterocycles. The van der Waals surface area contributed by atoms with Gasteiger partial charge in [-0.15, -0.1) is 0 Å². The second-order valence-electron chi connectivity index (χ2n) is 7.97. The van der Waals surface area contributed by atoms with E-state index in [0.29, 0.717) is 11.1 Å². The van der Waals surface area contributed by atoms with Gasteiger partial charge >= 0.3 is 0 Å². The summed E-state index contributed by atoms with van der Waals surface area (Å²) < 4.78 is 16.8. The van der Waals surface area contributed by atoms with Crippen LogP contribution in [0.1, 0.15) is 11.1 Å². The third kappa shape index (κ3) is 3.81. The van der Waals surface area contributed by atoms with E-state index >= 15 is 0 Å². The number of aromatic hydroxyl groups is 2. The maximum absolute atomic E-state index is 13.2. The molecular formula is C23H24O10. The average Bonchev–Trinajstić information content (AvgIpc) is 2.80. The van der Waals surface area contributed by atoms with Crippen molar-refractivity contribution >= 4 is 11.0 Å². The molecule has 2 aromatic carbocycles. The van der Waals surface area contributed by atoms with Gasteiger partial charge in [-0.25, -0.2) is 0 Å². The summed E-state index contributed by atoms with van der Waals surface area (Å²) in [4.78, 5) is 13.2. The molecule has 1 saturated heterocycles. The van der Waals surface area contributed by atoms with Gasteiger partial charge in [0, 0.05) is 11.1 Å². The third-order valence-electron chi connectivity index (χ3n) is 5.87. The van der Waals surface area contributed by atoms with E-state index in [1.165, 1.54) is 25.3 Å². The van der Waals surface area contributed by atoms with Gasteiger partial charge in [0.2, 0.25) is 11.7 Å². The normalized spacial score (nSPS) is 25.3. The smallest absolute Gasteiger partial charge is 0.229 e. The summed E-state index contributed by atoms with van der Waals surface area (Å²) in [5.74, 6) is -0.317. The number of hydrogen-bond acceptors (Lipinski definition) is 10. The summed E-state index contributed by atoms with van der Waals surface area (Å²) in [6.07, 6.45) is -6.25. The molecule has 0 bridgehead atoms. The lowest BCUT2D eigenvalue weighted by Gasteiger charge is -2.39. The van der Waals surface area contributed by atoms with Crippen molar-refractivity contribution < 1.29 is 44.5 Å². The number of phenolic OH excluding ortho intramolecular Hbond substituents is 2. The van der Waals surface area contributed by atoms with Gasteiger partial charge < -0.3 is 44.5 Å². The summed E-state index contributed by atoms with van der Waals surface area (Å²) in [5.41, 5.74) is 0.702. The summed E-state index contributed by atoms with van der Waals surface area (Å²) in [5, 5.41) is 59.8. The average molecular weight is 460 g/mol. The lowest BCUT2D eigenvalue weighted by atomic mass is 9.98. The number of aliphatic hydroxyl groups is 4. The van der Waals surface area contributed by atoms with Crippen LogP contribution < -0.4 is 10.2 Å². The molecule has 5 atom stereocenters. The second kappa shape index (κ2) is 8.65. The molecule has 10 heteroatoms. The molecule has 3 unspecified atom stereocenters. The first kappa shape index (κ1) is 23.0. The van der Waals surface area contributed by atoms with Crippen molar-refractivity contribution in [2.24, 2.45) is 0 Å². The zero-order valence-electron chi connectivity index (χ0n) is 17.8. The molecule has 6 N–H and O–H groups in total. The van der Waals surface area contributed by atoms with Crippen LogP contribution in [0.2, 0.25) is 0 Å². The van der Waals surface area contributed by atoms with Gasteiger partial charge in [-0.05, 0) is 31.5 Å². The Hall–Kier alpha value is -3.15. The predicted octanol–water partition coefficient (Wildman–Crippen LogP) is 0.667. The van der Waals surface area contributed by atoms with Gasteiger partial charge in [-0.3, -0.25) is 4.79 Å². The SMILES string of the molecule is Cc1c(O[C@@H]2OC(CO)[C@@H](O)C(O)C2O)c(C)c2occ(-c3ccc(O)cc3)c(=O)c2c1O. The van der Waals surface area contributed by atoms with Crippen molar-refractivity contribution in [2.75, 3.05) is 6.61 Å². The highest BCUT2D eigenvalue weighted by molar-refractivity contribution is 5.92. The quantitative estimate of drug-likeness (QED) is 0.325. The summed E-state index contributed by atoms with van der Waals surface area (Å²) in [6, 6.07) is 5.93. The largest absolute Gasteiger partial charge is 0.508 e. The lowest BCUT2D eigenvalue weighted by Crippen LogP contribution is -2.60. The van der Waals surface area contributed by atoms with Crippen molar-refractivity contribution in [3.8, 4) is 28.4 Å². The fourth-order valence-corrected chi connectivity index (χ4v) is 3.94. The predicted molar refractivity (Wildman–Crippen MR) is 115 cm³/mol. The Bertz CT molecular complexity index is 1230. The van der Waals surface area contributed by atoms with Crippen LogP contribution in [0.25, 0.3) is 22.1 Å². The van der Waals surface area contributed by atoms with Gasteiger partial charge in [0.25, 0.3) is 0 Å². The van der Waals surface area contributed by atoms with Crippen LogP contribution in [-0.2, 0) is 4.74 Å². The van der Waals surface area contributed by atoms with Crippen LogP contribution in [0, 0.1) is 13.8 Å². The minimum absolute atomic E-state index is 0.0356. The summed E-state index contributed by atoms with van der Waals surface area (Å²) in [6.45, 7) is 2.45. The van der Waals surface area contributed by atoms with E-state index in [2.05, 4.69) is 0 Å². The molecule has 0 radical (unpaired) electrons. The Balaban J connectivity index is 1.79. The number of rotatable bonds is 4. The van der Waals surface area contributed by atoms with E-state index in [4.69, 9.17) is 13.9 Å². The van der Waals surface area contributed by atoms with Crippen LogP contribution in [-0.4, -0.2) is 68.0 Å². The van der Waals surface area contributed by atoms with Gasteiger partial charge in [-0.2, -0.15) is 0 Å². The highest BCUT2D eigenvalue weighted by Crippen LogP contribution is 2.40. The fourth-order valence-electron chi connectivity index (χ4n) is 3.94. The number of aliphatic hydroxyl groups excluding tert-OH is 4. The summed E-state index contributed by atoms with van der Waals surface area (Å²) >= 11 is 0. The van der Waals surface area contributed by atoms with Crippen LogP contribution in [0.15, 0.2) is 39.7 Å². The Morgan fingerprint density at radius 1 is 0.970 bits per heavy atom. The number of hydrogen-bond donors (Lipinski definition) is 6. The van der Waals surface area contributed by atoms with Crippen molar-refractivity contribution in [3.63, 3.8) is 0 Å². The molecule has 0 spiro atoms. The molecule has 0 saturated carbocycles. The van der Waals surface area contributed by atoms with E-state index in [1.54, 1.807) is 19.1 Å². The monoisotopic (exact) mass is 460 g/mol. The molecule has 3 aromatic rings. The Kier molecular flexibility index (Phi) is 6.04.